The topological polar surface area (TPSA) is 37.2 Å². The predicted molar refractivity (Wildman–Crippen MR) is 93.8 cm³/mol. The van der Waals surface area contributed by atoms with Crippen LogP contribution in [0.2, 0.25) is 0 Å². The van der Waals surface area contributed by atoms with Crippen LogP contribution in [0.1, 0.15) is 11.3 Å². The van der Waals surface area contributed by atoms with Gasteiger partial charge in [0, 0.05) is 24.9 Å². The van der Waals surface area contributed by atoms with Crippen molar-refractivity contribution in [2.75, 3.05) is 6.54 Å². The highest BCUT2D eigenvalue weighted by atomic mass is 32.1. The van der Waals surface area contributed by atoms with E-state index in [0.717, 1.165) is 36.2 Å². The second-order valence-corrected chi connectivity index (χ2v) is 5.50. The smallest absolute Gasteiger partial charge is 0.166 e. The number of hydrogen-bond donors (Lipinski definition) is 2. The first-order valence-electron chi connectivity index (χ1n) is 7.34. The number of thiocarbonyl (C=S) groups is 1. The Morgan fingerprint density at radius 3 is 2.55 bits per heavy atom. The summed E-state index contributed by atoms with van der Waals surface area (Å²) in [4.78, 5) is 0. The van der Waals surface area contributed by atoms with E-state index in [9.17, 15) is 0 Å². The molecule has 0 spiro atoms. The minimum Gasteiger partial charge on any atom is -0.461 e. The van der Waals surface area contributed by atoms with Crippen molar-refractivity contribution in [2.45, 2.75) is 13.0 Å². The Labute approximate surface area is 135 Å². The van der Waals surface area contributed by atoms with E-state index < -0.39 is 0 Å². The van der Waals surface area contributed by atoms with Crippen molar-refractivity contribution in [3.63, 3.8) is 0 Å². The van der Waals surface area contributed by atoms with E-state index in [-0.39, 0.29) is 0 Å². The normalized spacial score (nSPS) is 10.5. The number of benzene rings is 2. The monoisotopic (exact) mass is 310 g/mol. The molecule has 2 N–H and O–H groups in total. The fourth-order valence-electron chi connectivity index (χ4n) is 2.30. The molecule has 0 saturated heterocycles. The standard InChI is InChI=1S/C18H18N2OS/c22-18(20-13-14-6-2-1-3-7-14)19-11-10-16-12-15-8-4-5-9-17(15)21-16/h1-9,12H,10-11,13H2,(H2,19,20,22). The van der Waals surface area contributed by atoms with E-state index in [1.54, 1.807) is 0 Å². The molecule has 0 unspecified atom stereocenters. The van der Waals surface area contributed by atoms with Crippen LogP contribution in [0.5, 0.6) is 0 Å². The first-order valence-corrected chi connectivity index (χ1v) is 7.75. The summed E-state index contributed by atoms with van der Waals surface area (Å²) in [5.74, 6) is 0.972. The third-order valence-corrected chi connectivity index (χ3v) is 3.72. The fraction of sp³-hybridized carbons (Fsp3) is 0.167. The van der Waals surface area contributed by atoms with Crippen LogP contribution in [0.3, 0.4) is 0 Å². The molecule has 1 heterocycles. The molecule has 0 aliphatic carbocycles. The third-order valence-electron chi connectivity index (χ3n) is 3.43. The van der Waals surface area contributed by atoms with Gasteiger partial charge in [-0.3, -0.25) is 0 Å². The zero-order valence-electron chi connectivity index (χ0n) is 12.2. The molecule has 1 aromatic heterocycles. The SMILES string of the molecule is S=C(NCCc1cc2ccccc2o1)NCc1ccccc1. The number of rotatable bonds is 5. The Balaban J connectivity index is 1.43. The lowest BCUT2D eigenvalue weighted by Crippen LogP contribution is -2.35. The van der Waals surface area contributed by atoms with E-state index in [1.807, 2.05) is 36.4 Å². The maximum atomic E-state index is 5.78. The fourth-order valence-corrected chi connectivity index (χ4v) is 2.47. The van der Waals surface area contributed by atoms with Gasteiger partial charge in [-0.15, -0.1) is 0 Å². The van der Waals surface area contributed by atoms with Gasteiger partial charge in [0.1, 0.15) is 11.3 Å². The average molecular weight is 310 g/mol. The van der Waals surface area contributed by atoms with E-state index in [0.29, 0.717) is 5.11 Å². The quantitative estimate of drug-likeness (QED) is 0.706. The molecule has 0 amide bonds. The highest BCUT2D eigenvalue weighted by Gasteiger charge is 2.03. The highest BCUT2D eigenvalue weighted by molar-refractivity contribution is 7.80. The molecule has 4 heteroatoms. The summed E-state index contributed by atoms with van der Waals surface area (Å²) in [6, 6.07) is 20.3. The zero-order valence-corrected chi connectivity index (χ0v) is 13.0. The molecule has 0 radical (unpaired) electrons. The van der Waals surface area contributed by atoms with Gasteiger partial charge in [-0.25, -0.2) is 0 Å². The maximum absolute atomic E-state index is 5.78. The van der Waals surface area contributed by atoms with Gasteiger partial charge in [-0.2, -0.15) is 0 Å². The molecule has 0 aliphatic rings. The lowest BCUT2D eigenvalue weighted by Gasteiger charge is -2.09. The van der Waals surface area contributed by atoms with Gasteiger partial charge < -0.3 is 15.1 Å². The number of para-hydroxylation sites is 1. The minimum absolute atomic E-state index is 0.667. The van der Waals surface area contributed by atoms with Crippen LogP contribution in [-0.4, -0.2) is 11.7 Å². The Morgan fingerprint density at radius 1 is 0.955 bits per heavy atom. The van der Waals surface area contributed by atoms with Crippen LogP contribution < -0.4 is 10.6 Å². The van der Waals surface area contributed by atoms with Gasteiger partial charge >= 0.3 is 0 Å². The molecule has 0 bridgehead atoms. The predicted octanol–water partition coefficient (Wildman–Crippen LogP) is 3.64. The van der Waals surface area contributed by atoms with Crippen LogP contribution in [0.25, 0.3) is 11.0 Å². The maximum Gasteiger partial charge on any atom is 0.166 e. The van der Waals surface area contributed by atoms with E-state index in [1.165, 1.54) is 5.56 Å². The molecule has 3 rings (SSSR count). The first kappa shape index (κ1) is 14.6. The molecule has 112 valence electrons. The Bertz CT molecular complexity index is 719. The Kier molecular flexibility index (Phi) is 4.71. The van der Waals surface area contributed by atoms with Gasteiger partial charge in [0.15, 0.2) is 5.11 Å². The second kappa shape index (κ2) is 7.09. The van der Waals surface area contributed by atoms with Crippen molar-refractivity contribution < 1.29 is 4.42 Å². The average Bonchev–Trinajstić information content (AvgIpc) is 2.96. The molecular weight excluding hydrogens is 292 g/mol. The highest BCUT2D eigenvalue weighted by Crippen LogP contribution is 2.18. The van der Waals surface area contributed by atoms with E-state index >= 15 is 0 Å². The summed E-state index contributed by atoms with van der Waals surface area (Å²) >= 11 is 5.28. The van der Waals surface area contributed by atoms with Crippen molar-refractivity contribution in [3.05, 3.63) is 72.0 Å². The van der Waals surface area contributed by atoms with Crippen molar-refractivity contribution in [2.24, 2.45) is 0 Å². The summed E-state index contributed by atoms with van der Waals surface area (Å²) in [5, 5.41) is 8.22. The van der Waals surface area contributed by atoms with Crippen molar-refractivity contribution in [1.82, 2.24) is 10.6 Å². The summed E-state index contributed by atoms with van der Waals surface area (Å²) in [6.45, 7) is 1.48. The molecule has 22 heavy (non-hydrogen) atoms. The number of fused-ring (bicyclic) bond motifs is 1. The first-order chi connectivity index (χ1) is 10.8. The number of furan rings is 1. The Hall–Kier alpha value is -2.33. The molecule has 3 nitrogen and oxygen atoms in total. The van der Waals surface area contributed by atoms with E-state index in [4.69, 9.17) is 16.6 Å². The van der Waals surface area contributed by atoms with Gasteiger partial charge in [0.05, 0.1) is 0 Å². The number of nitrogens with one attached hydrogen (secondary N) is 2. The lowest BCUT2D eigenvalue weighted by molar-refractivity contribution is 0.545. The lowest BCUT2D eigenvalue weighted by atomic mass is 10.2. The largest absolute Gasteiger partial charge is 0.461 e. The molecule has 0 fully saturated rings. The van der Waals surface area contributed by atoms with Gasteiger partial charge in [-0.05, 0) is 29.9 Å². The molecule has 0 aliphatic heterocycles. The second-order valence-electron chi connectivity index (χ2n) is 5.10. The van der Waals surface area contributed by atoms with Crippen LogP contribution in [0.15, 0.2) is 65.1 Å². The van der Waals surface area contributed by atoms with E-state index in [2.05, 4.69) is 34.9 Å². The van der Waals surface area contributed by atoms with Crippen LogP contribution in [-0.2, 0) is 13.0 Å². The molecule has 3 aromatic rings. The van der Waals surface area contributed by atoms with Gasteiger partial charge in [0.2, 0.25) is 0 Å². The summed E-state index contributed by atoms with van der Waals surface area (Å²) in [7, 11) is 0. The van der Waals surface area contributed by atoms with Crippen molar-refractivity contribution in [1.29, 1.82) is 0 Å². The summed E-state index contributed by atoms with van der Waals surface area (Å²) < 4.78 is 5.78. The van der Waals surface area contributed by atoms with Crippen molar-refractivity contribution >= 4 is 28.3 Å². The molecular formula is C18H18N2OS. The third kappa shape index (κ3) is 3.86. The molecule has 2 aromatic carbocycles. The van der Waals surface area contributed by atoms with Crippen LogP contribution in [0.4, 0.5) is 0 Å². The Morgan fingerprint density at radius 2 is 1.73 bits per heavy atom. The van der Waals surface area contributed by atoms with Crippen LogP contribution in [0, 0.1) is 0 Å². The molecule has 0 atom stereocenters. The zero-order chi connectivity index (χ0) is 15.2. The summed E-state index contributed by atoms with van der Waals surface area (Å²) in [6.07, 6.45) is 0.807. The minimum atomic E-state index is 0.667. The number of hydrogen-bond acceptors (Lipinski definition) is 2. The van der Waals surface area contributed by atoms with Crippen LogP contribution >= 0.6 is 12.2 Å². The van der Waals surface area contributed by atoms with Gasteiger partial charge in [0.25, 0.3) is 0 Å². The molecule has 0 saturated carbocycles. The van der Waals surface area contributed by atoms with Crippen molar-refractivity contribution in [3.8, 4) is 0 Å². The summed E-state index contributed by atoms with van der Waals surface area (Å²) in [5.41, 5.74) is 2.14. The van der Waals surface area contributed by atoms with Gasteiger partial charge in [-0.1, -0.05) is 48.5 Å².